The maximum absolute atomic E-state index is 13.5. The van der Waals surface area contributed by atoms with E-state index in [1.54, 1.807) is 24.3 Å². The van der Waals surface area contributed by atoms with Crippen molar-refractivity contribution < 1.29 is 14.3 Å². The van der Waals surface area contributed by atoms with Gasteiger partial charge in [0.2, 0.25) is 0 Å². The average molecular weight is 447 g/mol. The zero-order valence-corrected chi connectivity index (χ0v) is 18.9. The smallest absolute Gasteiger partial charge is 0.339 e. The predicted molar refractivity (Wildman–Crippen MR) is 126 cm³/mol. The van der Waals surface area contributed by atoms with Gasteiger partial charge in [-0.2, -0.15) is 0 Å². The standard InChI is InChI=1S/C26H26N2O3S/c1-31-25(29)20-12-5-7-13-21(20)27-26(30)28-16-15-19-18-11-6-8-14-22(18)32-24(19)23(28)17-9-3-2-4-10-17/h2-5,7,9-10,12-13,23H,6,8,11,14-16H2,1H3,(H,27,30)/t23-/m1/s1. The summed E-state index contributed by atoms with van der Waals surface area (Å²) in [7, 11) is 1.34. The second-order valence-electron chi connectivity index (χ2n) is 8.28. The number of rotatable bonds is 3. The molecule has 0 saturated heterocycles. The molecule has 6 heteroatoms. The molecular formula is C26H26N2O3S. The van der Waals surface area contributed by atoms with Gasteiger partial charge in [0.25, 0.3) is 0 Å². The van der Waals surface area contributed by atoms with Gasteiger partial charge in [0, 0.05) is 16.3 Å². The third-order valence-corrected chi connectivity index (χ3v) is 7.81. The summed E-state index contributed by atoms with van der Waals surface area (Å²) in [4.78, 5) is 30.4. The van der Waals surface area contributed by atoms with Crippen molar-refractivity contribution in [2.45, 2.75) is 38.1 Å². The Bertz CT molecular complexity index is 1160. The van der Waals surface area contributed by atoms with E-state index in [4.69, 9.17) is 4.74 Å². The van der Waals surface area contributed by atoms with E-state index in [1.807, 2.05) is 34.4 Å². The number of nitrogens with zero attached hydrogens (tertiary/aromatic N) is 1. The van der Waals surface area contributed by atoms with Crippen LogP contribution in [0.25, 0.3) is 0 Å². The number of carbonyl (C=O) groups is 2. The lowest BCUT2D eigenvalue weighted by atomic mass is 9.88. The van der Waals surface area contributed by atoms with Gasteiger partial charge in [-0.25, -0.2) is 9.59 Å². The number of hydrogen-bond acceptors (Lipinski definition) is 4. The third kappa shape index (κ3) is 3.69. The summed E-state index contributed by atoms with van der Waals surface area (Å²) in [5.74, 6) is -0.465. The van der Waals surface area contributed by atoms with Gasteiger partial charge >= 0.3 is 12.0 Å². The molecule has 0 radical (unpaired) electrons. The van der Waals surface area contributed by atoms with Crippen molar-refractivity contribution in [1.82, 2.24) is 4.90 Å². The molecule has 0 fully saturated rings. The van der Waals surface area contributed by atoms with E-state index in [1.165, 1.54) is 40.8 Å². The second-order valence-corrected chi connectivity index (χ2v) is 9.41. The molecule has 0 bridgehead atoms. The quantitative estimate of drug-likeness (QED) is 0.533. The summed E-state index contributed by atoms with van der Waals surface area (Å²) in [6, 6.07) is 16.9. The Balaban J connectivity index is 1.52. The normalized spacial score (nSPS) is 17.3. The Morgan fingerprint density at radius 2 is 1.72 bits per heavy atom. The highest BCUT2D eigenvalue weighted by Crippen LogP contribution is 2.45. The van der Waals surface area contributed by atoms with Crippen molar-refractivity contribution >= 4 is 29.0 Å². The fourth-order valence-electron chi connectivity index (χ4n) is 4.90. The third-order valence-electron chi connectivity index (χ3n) is 6.42. The number of amides is 2. The zero-order chi connectivity index (χ0) is 22.1. The lowest BCUT2D eigenvalue weighted by Gasteiger charge is -2.36. The Morgan fingerprint density at radius 3 is 2.53 bits per heavy atom. The monoisotopic (exact) mass is 446 g/mol. The molecular weight excluding hydrogens is 420 g/mol. The fourth-order valence-corrected chi connectivity index (χ4v) is 6.49. The van der Waals surface area contributed by atoms with E-state index in [0.29, 0.717) is 17.8 Å². The van der Waals surface area contributed by atoms with Crippen LogP contribution in [0.15, 0.2) is 54.6 Å². The number of hydrogen-bond donors (Lipinski definition) is 1. The molecule has 32 heavy (non-hydrogen) atoms. The molecule has 1 aliphatic carbocycles. The molecule has 0 unspecified atom stereocenters. The molecule has 1 aliphatic heterocycles. The lowest BCUT2D eigenvalue weighted by Crippen LogP contribution is -2.42. The van der Waals surface area contributed by atoms with E-state index in [2.05, 4.69) is 17.4 Å². The molecule has 3 aromatic rings. The van der Waals surface area contributed by atoms with Crippen LogP contribution in [0.3, 0.4) is 0 Å². The first-order chi connectivity index (χ1) is 15.7. The first-order valence-corrected chi connectivity index (χ1v) is 11.9. The van der Waals surface area contributed by atoms with Crippen LogP contribution in [0.4, 0.5) is 10.5 Å². The minimum atomic E-state index is -0.465. The molecule has 5 nitrogen and oxygen atoms in total. The van der Waals surface area contributed by atoms with Crippen LogP contribution in [-0.2, 0) is 24.0 Å². The number of ether oxygens (including phenoxy) is 1. The van der Waals surface area contributed by atoms with Crippen LogP contribution in [-0.4, -0.2) is 30.6 Å². The Morgan fingerprint density at radius 1 is 0.969 bits per heavy atom. The van der Waals surface area contributed by atoms with Crippen molar-refractivity contribution in [2.24, 2.45) is 0 Å². The van der Waals surface area contributed by atoms with Gasteiger partial charge in [-0.15, -0.1) is 11.3 Å². The second kappa shape index (κ2) is 8.79. The summed E-state index contributed by atoms with van der Waals surface area (Å²) >= 11 is 1.88. The molecule has 2 heterocycles. The van der Waals surface area contributed by atoms with Crippen LogP contribution in [0.5, 0.6) is 0 Å². The van der Waals surface area contributed by atoms with Crippen molar-refractivity contribution in [3.8, 4) is 0 Å². The van der Waals surface area contributed by atoms with E-state index >= 15 is 0 Å². The largest absolute Gasteiger partial charge is 0.465 e. The minimum Gasteiger partial charge on any atom is -0.465 e. The van der Waals surface area contributed by atoms with Gasteiger partial charge in [0.1, 0.15) is 0 Å². The van der Waals surface area contributed by atoms with Crippen LogP contribution in [0, 0.1) is 0 Å². The van der Waals surface area contributed by atoms with Gasteiger partial charge in [-0.3, -0.25) is 0 Å². The summed E-state index contributed by atoms with van der Waals surface area (Å²) in [6.45, 7) is 0.641. The first-order valence-electron chi connectivity index (χ1n) is 11.1. The number of methoxy groups -OCH3 is 1. The van der Waals surface area contributed by atoms with E-state index in [9.17, 15) is 9.59 Å². The summed E-state index contributed by atoms with van der Waals surface area (Å²) < 4.78 is 4.89. The number of carbonyl (C=O) groups excluding carboxylic acids is 2. The fraction of sp³-hybridized carbons (Fsp3) is 0.308. The zero-order valence-electron chi connectivity index (χ0n) is 18.1. The SMILES string of the molecule is COC(=O)c1ccccc1NC(=O)N1CCc2c(sc3c2CCCC3)[C@H]1c1ccccc1. The minimum absolute atomic E-state index is 0.124. The van der Waals surface area contributed by atoms with E-state index in [-0.39, 0.29) is 12.1 Å². The van der Waals surface area contributed by atoms with Crippen LogP contribution in [0.2, 0.25) is 0 Å². The van der Waals surface area contributed by atoms with Gasteiger partial charge < -0.3 is 15.0 Å². The highest BCUT2D eigenvalue weighted by Gasteiger charge is 2.36. The van der Waals surface area contributed by atoms with Gasteiger partial charge in [0.05, 0.1) is 24.4 Å². The van der Waals surface area contributed by atoms with E-state index < -0.39 is 5.97 Å². The van der Waals surface area contributed by atoms with Crippen molar-refractivity contribution in [3.05, 3.63) is 86.6 Å². The van der Waals surface area contributed by atoms with Crippen LogP contribution in [0.1, 0.15) is 55.7 Å². The number of benzene rings is 2. The number of thiophene rings is 1. The summed E-state index contributed by atoms with van der Waals surface area (Å²) in [5, 5.41) is 2.98. The molecule has 2 aromatic carbocycles. The molecule has 2 aliphatic rings. The average Bonchev–Trinajstić information content (AvgIpc) is 3.22. The molecule has 0 spiro atoms. The number of fused-ring (bicyclic) bond motifs is 3. The number of anilines is 1. The Hall–Kier alpha value is -3.12. The number of urea groups is 1. The lowest BCUT2D eigenvalue weighted by molar-refractivity contribution is 0.0602. The van der Waals surface area contributed by atoms with Crippen molar-refractivity contribution in [1.29, 1.82) is 0 Å². The van der Waals surface area contributed by atoms with Gasteiger partial charge in [-0.05, 0) is 60.9 Å². The maximum atomic E-state index is 13.5. The predicted octanol–water partition coefficient (Wildman–Crippen LogP) is 5.59. The Labute approximate surface area is 192 Å². The highest BCUT2D eigenvalue weighted by atomic mass is 32.1. The summed E-state index contributed by atoms with van der Waals surface area (Å²) in [6.07, 6.45) is 5.67. The number of para-hydroxylation sites is 1. The molecule has 0 saturated carbocycles. The topological polar surface area (TPSA) is 58.6 Å². The molecule has 1 aromatic heterocycles. The van der Waals surface area contributed by atoms with Gasteiger partial charge in [0.15, 0.2) is 0 Å². The molecule has 1 N–H and O–H groups in total. The number of nitrogens with one attached hydrogen (secondary N) is 1. The van der Waals surface area contributed by atoms with Gasteiger partial charge in [-0.1, -0.05) is 42.5 Å². The Kier molecular flexibility index (Phi) is 5.70. The van der Waals surface area contributed by atoms with Crippen LogP contribution >= 0.6 is 11.3 Å². The number of esters is 1. The molecule has 2 amide bonds. The molecule has 164 valence electrons. The molecule has 1 atom stereocenters. The van der Waals surface area contributed by atoms with Crippen molar-refractivity contribution in [2.75, 3.05) is 19.0 Å². The summed E-state index contributed by atoms with van der Waals surface area (Å²) in [5.41, 5.74) is 4.92. The number of aryl methyl sites for hydroxylation is 1. The van der Waals surface area contributed by atoms with Crippen LogP contribution < -0.4 is 5.32 Å². The molecule has 5 rings (SSSR count). The maximum Gasteiger partial charge on any atom is 0.339 e. The first kappa shape index (κ1) is 20.8. The van der Waals surface area contributed by atoms with E-state index in [0.717, 1.165) is 24.8 Å². The van der Waals surface area contributed by atoms with Crippen molar-refractivity contribution in [3.63, 3.8) is 0 Å². The highest BCUT2D eigenvalue weighted by molar-refractivity contribution is 7.12.